The first-order valence-electron chi connectivity index (χ1n) is 18.5. The van der Waals surface area contributed by atoms with Crippen molar-refractivity contribution in [3.05, 3.63) is 69.9 Å². The van der Waals surface area contributed by atoms with Crippen LogP contribution in [0.2, 0.25) is 0 Å². The second-order valence-electron chi connectivity index (χ2n) is 16.0. The van der Waals surface area contributed by atoms with E-state index in [1.807, 2.05) is 52.9 Å². The number of aryl methyl sites for hydroxylation is 1. The van der Waals surface area contributed by atoms with Crippen molar-refractivity contribution in [3.8, 4) is 11.3 Å². The summed E-state index contributed by atoms with van der Waals surface area (Å²) in [5.41, 5.74) is 5.62. The second kappa shape index (κ2) is 16.2. The van der Waals surface area contributed by atoms with E-state index in [1.165, 1.54) is 36.9 Å². The number of aromatic nitrogens is 2. The van der Waals surface area contributed by atoms with Gasteiger partial charge in [-0.05, 0) is 71.4 Å². The van der Waals surface area contributed by atoms with Crippen LogP contribution in [-0.4, -0.2) is 20.9 Å². The Balaban J connectivity index is 0.000000289. The fourth-order valence-electron chi connectivity index (χ4n) is 6.63. The number of allylic oxidation sites excluding steroid dienone is 2. The molecule has 0 fully saturated rings. The number of benzene rings is 2. The standard InChI is InChI=1S/C29H27N2OS2.C15H28O2.Ir/c1-15(2)11-21-16(3)34-27-19(21)7-8-20-23-24(30-14-31-28(23)32-25(20)27)18-12-17-9-10-33-26(17)22(13-18)29(4,5)6;1-7-14(5,8-2)12(16)11-13(17)15(6,9-3)10-4;/h7-10,13-15H,11H2,1-6H3;11,16H,7-10H2,1-6H3;/q-1;;/b;12-11-;. The minimum Gasteiger partial charge on any atom is -0.512 e. The van der Waals surface area contributed by atoms with Crippen LogP contribution in [-0.2, 0) is 36.7 Å². The van der Waals surface area contributed by atoms with Crippen molar-refractivity contribution in [1.82, 2.24) is 9.97 Å². The molecule has 0 aliphatic heterocycles. The van der Waals surface area contributed by atoms with Gasteiger partial charge in [-0.1, -0.05) is 99.4 Å². The zero-order valence-corrected chi connectivity index (χ0v) is 37.0. The molecule has 6 aromatic rings. The Morgan fingerprint density at radius 3 is 2.17 bits per heavy atom. The van der Waals surface area contributed by atoms with Gasteiger partial charge >= 0.3 is 0 Å². The number of aliphatic hydroxyl groups is 1. The van der Waals surface area contributed by atoms with Gasteiger partial charge in [-0.2, -0.15) is 11.3 Å². The molecule has 0 aliphatic carbocycles. The number of carbonyl (C=O) groups excluding carboxylic acids is 1. The molecule has 1 N–H and O–H groups in total. The summed E-state index contributed by atoms with van der Waals surface area (Å²) in [6, 6.07) is 12.5. The Morgan fingerprint density at radius 1 is 0.942 bits per heavy atom. The molecule has 0 aliphatic rings. The fraction of sp³-hybridized carbons (Fsp3) is 0.477. The molecule has 0 amide bonds. The number of furan rings is 1. The molecule has 52 heavy (non-hydrogen) atoms. The van der Waals surface area contributed by atoms with E-state index >= 15 is 0 Å². The Hall–Kier alpha value is -2.90. The first kappa shape index (κ1) is 41.8. The van der Waals surface area contributed by atoms with Crippen LogP contribution in [0.25, 0.3) is 53.5 Å². The largest absolute Gasteiger partial charge is 0.512 e. The monoisotopic (exact) mass is 916 g/mol. The smallest absolute Gasteiger partial charge is 0.223 e. The average Bonchev–Trinajstić information content (AvgIpc) is 3.82. The zero-order valence-electron chi connectivity index (χ0n) is 33.0. The molecule has 4 heterocycles. The van der Waals surface area contributed by atoms with Gasteiger partial charge in [0.05, 0.1) is 4.70 Å². The maximum absolute atomic E-state index is 12.2. The Morgan fingerprint density at radius 2 is 1.58 bits per heavy atom. The summed E-state index contributed by atoms with van der Waals surface area (Å²) in [7, 11) is 0. The molecule has 0 saturated heterocycles. The van der Waals surface area contributed by atoms with Gasteiger partial charge in [-0.15, -0.1) is 34.9 Å². The van der Waals surface area contributed by atoms with Gasteiger partial charge in [-0.3, -0.25) is 9.78 Å². The molecular weight excluding hydrogens is 861 g/mol. The number of carbonyl (C=O) groups is 1. The number of fused-ring (bicyclic) bond motifs is 6. The van der Waals surface area contributed by atoms with Crippen molar-refractivity contribution in [2.75, 3.05) is 0 Å². The summed E-state index contributed by atoms with van der Waals surface area (Å²) in [6.07, 6.45) is 7.45. The first-order valence-corrected chi connectivity index (χ1v) is 20.2. The molecule has 5 nitrogen and oxygen atoms in total. The molecule has 2 aromatic carbocycles. The van der Waals surface area contributed by atoms with Crippen LogP contribution in [0.15, 0.2) is 52.2 Å². The minimum absolute atomic E-state index is 0. The van der Waals surface area contributed by atoms with E-state index in [0.717, 1.165) is 65.1 Å². The third-order valence-corrected chi connectivity index (χ3v) is 13.3. The van der Waals surface area contributed by atoms with E-state index in [9.17, 15) is 9.90 Å². The summed E-state index contributed by atoms with van der Waals surface area (Å²) in [5.74, 6) is 0.897. The van der Waals surface area contributed by atoms with Gasteiger partial charge in [0.25, 0.3) is 0 Å². The van der Waals surface area contributed by atoms with E-state index in [2.05, 4.69) is 82.2 Å². The van der Waals surface area contributed by atoms with Gasteiger partial charge in [-0.25, -0.2) is 4.98 Å². The molecule has 0 saturated carbocycles. The number of nitrogens with zero attached hydrogens (tertiary/aromatic N) is 2. The van der Waals surface area contributed by atoms with E-state index in [4.69, 9.17) is 9.40 Å². The number of hydrogen-bond acceptors (Lipinski definition) is 7. The molecule has 281 valence electrons. The maximum atomic E-state index is 12.2. The van der Waals surface area contributed by atoms with Crippen LogP contribution in [0.3, 0.4) is 0 Å². The second-order valence-corrected chi connectivity index (χ2v) is 18.1. The average molecular weight is 916 g/mol. The summed E-state index contributed by atoms with van der Waals surface area (Å²) in [4.78, 5) is 22.8. The first-order chi connectivity index (χ1) is 24.0. The van der Waals surface area contributed by atoms with Crippen LogP contribution in [0.4, 0.5) is 0 Å². The van der Waals surface area contributed by atoms with Crippen molar-refractivity contribution in [3.63, 3.8) is 0 Å². The predicted molar refractivity (Wildman–Crippen MR) is 219 cm³/mol. The van der Waals surface area contributed by atoms with Gasteiger partial charge < -0.3 is 9.52 Å². The number of rotatable bonds is 10. The van der Waals surface area contributed by atoms with Crippen molar-refractivity contribution in [1.29, 1.82) is 0 Å². The van der Waals surface area contributed by atoms with E-state index < -0.39 is 0 Å². The van der Waals surface area contributed by atoms with Crippen molar-refractivity contribution in [2.24, 2.45) is 16.7 Å². The zero-order chi connectivity index (χ0) is 37.5. The van der Waals surface area contributed by atoms with E-state index in [0.29, 0.717) is 11.6 Å². The van der Waals surface area contributed by atoms with Gasteiger partial charge in [0.15, 0.2) is 11.4 Å². The summed E-state index contributed by atoms with van der Waals surface area (Å²) in [6.45, 7) is 25.6. The SMILES string of the molecule is CCC(C)(CC)C(=O)/C=C(\O)C(C)(CC)CC.Cc1sc2c(ccc3c2oc2ncnc(-c4[c-]c5ccsc5c(C(C)(C)C)c4)c23)c1CC(C)C.[Ir]. The van der Waals surface area contributed by atoms with E-state index in [1.54, 1.807) is 17.7 Å². The van der Waals surface area contributed by atoms with Crippen LogP contribution in [0.5, 0.6) is 0 Å². The molecule has 1 radical (unpaired) electrons. The summed E-state index contributed by atoms with van der Waals surface area (Å²) < 4.78 is 8.93. The van der Waals surface area contributed by atoms with Crippen LogP contribution in [0.1, 0.15) is 118 Å². The predicted octanol–water partition coefficient (Wildman–Crippen LogP) is 13.7. The van der Waals surface area contributed by atoms with Crippen LogP contribution >= 0.6 is 22.7 Å². The fourth-order valence-corrected chi connectivity index (χ4v) is 8.88. The number of ketones is 1. The van der Waals surface area contributed by atoms with E-state index in [-0.39, 0.29) is 47.9 Å². The Kier molecular flexibility index (Phi) is 13.1. The van der Waals surface area contributed by atoms with Crippen molar-refractivity contribution >= 4 is 70.7 Å². The molecule has 0 bridgehead atoms. The Bertz CT molecular complexity index is 2220. The Labute approximate surface area is 331 Å². The van der Waals surface area contributed by atoms with Crippen molar-refractivity contribution in [2.45, 2.75) is 121 Å². The third kappa shape index (κ3) is 7.97. The maximum Gasteiger partial charge on any atom is 0.223 e. The number of hydrogen-bond donors (Lipinski definition) is 1. The summed E-state index contributed by atoms with van der Waals surface area (Å²) in [5, 5.41) is 16.8. The molecule has 8 heteroatoms. The molecule has 6 rings (SSSR count). The summed E-state index contributed by atoms with van der Waals surface area (Å²) >= 11 is 3.61. The normalized spacial score (nSPS) is 12.9. The topological polar surface area (TPSA) is 76.2 Å². The van der Waals surface area contributed by atoms with Crippen LogP contribution in [0, 0.1) is 29.7 Å². The quantitative estimate of drug-likeness (QED) is 0.0842. The van der Waals surface area contributed by atoms with Gasteiger partial charge in [0.1, 0.15) is 12.1 Å². The molecule has 0 unspecified atom stereocenters. The number of aliphatic hydroxyl groups excluding tert-OH is 1. The van der Waals surface area contributed by atoms with Gasteiger partial charge in [0, 0.05) is 58.4 Å². The molecular formula is C44H55IrN2O3S2-. The molecule has 4 aromatic heterocycles. The molecule has 0 atom stereocenters. The minimum atomic E-state index is -0.337. The van der Waals surface area contributed by atoms with Crippen LogP contribution < -0.4 is 0 Å². The molecule has 0 spiro atoms. The number of thiophene rings is 2. The third-order valence-electron chi connectivity index (χ3n) is 11.1. The van der Waals surface area contributed by atoms with Crippen molar-refractivity contribution < 1.29 is 34.4 Å². The van der Waals surface area contributed by atoms with Gasteiger partial charge in [0.2, 0.25) is 5.71 Å².